The van der Waals surface area contributed by atoms with Gasteiger partial charge in [0.15, 0.2) is 0 Å². The van der Waals surface area contributed by atoms with E-state index in [2.05, 4.69) is 17.2 Å². The summed E-state index contributed by atoms with van der Waals surface area (Å²) in [6, 6.07) is 5.98. The Kier molecular flexibility index (Phi) is 4.95. The fraction of sp³-hybridized carbons (Fsp3) is 0.467. The fourth-order valence-electron chi connectivity index (χ4n) is 2.10. The second-order valence-corrected chi connectivity index (χ2v) is 4.73. The molecule has 0 aliphatic carbocycles. The zero-order valence-corrected chi connectivity index (χ0v) is 11.4. The summed E-state index contributed by atoms with van der Waals surface area (Å²) < 4.78 is 2.03. The Labute approximate surface area is 113 Å². The molecule has 4 nitrogen and oxygen atoms in total. The van der Waals surface area contributed by atoms with Gasteiger partial charge in [0.1, 0.15) is 5.82 Å². The number of aryl methyl sites for hydroxylation is 1. The molecule has 0 fully saturated rings. The van der Waals surface area contributed by atoms with E-state index >= 15 is 0 Å². The molecule has 2 aromatic heterocycles. The number of nitrogens with one attached hydrogen (secondary N) is 1. The molecule has 102 valence electrons. The number of rotatable bonds is 7. The van der Waals surface area contributed by atoms with Gasteiger partial charge >= 0.3 is 0 Å². The third kappa shape index (κ3) is 3.81. The number of carbonyl (C=O) groups is 1. The lowest BCUT2D eigenvalue weighted by Crippen LogP contribution is -2.24. The highest BCUT2D eigenvalue weighted by molar-refractivity contribution is 5.76. The Bertz CT molecular complexity index is 533. The Morgan fingerprint density at radius 3 is 3.11 bits per heavy atom. The molecular weight excluding hydrogens is 238 g/mol. The molecule has 2 heterocycles. The summed E-state index contributed by atoms with van der Waals surface area (Å²) in [5.74, 6) is 1.06. The van der Waals surface area contributed by atoms with Gasteiger partial charge in [0.25, 0.3) is 0 Å². The lowest BCUT2D eigenvalue weighted by atomic mass is 10.2. The molecule has 4 heteroatoms. The van der Waals surface area contributed by atoms with E-state index < -0.39 is 0 Å². The number of hydrogen-bond donors (Lipinski definition) is 1. The molecule has 0 aromatic carbocycles. The monoisotopic (exact) mass is 259 g/mol. The van der Waals surface area contributed by atoms with E-state index in [1.165, 1.54) is 12.8 Å². The molecule has 0 spiro atoms. The minimum absolute atomic E-state index is 0.115. The molecule has 0 unspecified atom stereocenters. The van der Waals surface area contributed by atoms with Gasteiger partial charge in [-0.3, -0.25) is 4.79 Å². The van der Waals surface area contributed by atoms with Gasteiger partial charge in [0.2, 0.25) is 5.91 Å². The number of fused-ring (bicyclic) bond motifs is 1. The number of aromatic nitrogens is 2. The number of unbranched alkanes of at least 4 members (excludes halogenated alkanes) is 2. The van der Waals surface area contributed by atoms with Crippen molar-refractivity contribution in [3.05, 3.63) is 36.4 Å². The smallest absolute Gasteiger partial charge is 0.220 e. The molecule has 1 N–H and O–H groups in total. The zero-order chi connectivity index (χ0) is 13.5. The molecular formula is C15H21N3O. The quantitative estimate of drug-likeness (QED) is 0.777. The van der Waals surface area contributed by atoms with Gasteiger partial charge in [0.05, 0.1) is 11.7 Å². The molecule has 0 saturated carbocycles. The van der Waals surface area contributed by atoms with E-state index in [0.717, 1.165) is 24.3 Å². The van der Waals surface area contributed by atoms with Gasteiger partial charge in [-0.2, -0.15) is 0 Å². The van der Waals surface area contributed by atoms with Crippen LogP contribution in [0.15, 0.2) is 30.6 Å². The normalized spacial score (nSPS) is 10.8. The standard InChI is InChI=1S/C15H21N3O/c1-2-3-5-10-16-15(19)9-8-14-17-12-13-7-4-6-11-18(13)14/h4,6-7,11-12H,2-3,5,8-10H2,1H3,(H,16,19). The first-order valence-corrected chi connectivity index (χ1v) is 6.99. The van der Waals surface area contributed by atoms with Crippen molar-refractivity contribution in [2.24, 2.45) is 0 Å². The van der Waals surface area contributed by atoms with Crippen molar-refractivity contribution < 1.29 is 4.79 Å². The lowest BCUT2D eigenvalue weighted by Gasteiger charge is -2.04. The topological polar surface area (TPSA) is 46.4 Å². The molecule has 0 saturated heterocycles. The van der Waals surface area contributed by atoms with Gasteiger partial charge in [-0.15, -0.1) is 0 Å². The summed E-state index contributed by atoms with van der Waals surface area (Å²) in [6.45, 7) is 2.94. The average Bonchev–Trinajstić information content (AvgIpc) is 2.85. The van der Waals surface area contributed by atoms with E-state index in [1.54, 1.807) is 0 Å². The SMILES string of the molecule is CCCCCNC(=O)CCc1ncc2ccccn12. The van der Waals surface area contributed by atoms with Crippen LogP contribution in [0.3, 0.4) is 0 Å². The Hall–Kier alpha value is -1.84. The largest absolute Gasteiger partial charge is 0.356 e. The number of carbonyl (C=O) groups excluding carboxylic acids is 1. The predicted molar refractivity (Wildman–Crippen MR) is 76.0 cm³/mol. The van der Waals surface area contributed by atoms with Crippen LogP contribution in [0.1, 0.15) is 38.4 Å². The van der Waals surface area contributed by atoms with E-state index in [1.807, 2.05) is 35.0 Å². The average molecular weight is 259 g/mol. The highest BCUT2D eigenvalue weighted by atomic mass is 16.1. The number of imidazole rings is 1. The van der Waals surface area contributed by atoms with E-state index in [9.17, 15) is 4.79 Å². The molecule has 0 bridgehead atoms. The number of amides is 1. The van der Waals surface area contributed by atoms with Crippen LogP contribution in [0.25, 0.3) is 5.52 Å². The predicted octanol–water partition coefficient (Wildman–Crippen LogP) is 2.57. The maximum Gasteiger partial charge on any atom is 0.220 e. The molecule has 0 aliphatic heterocycles. The first-order chi connectivity index (χ1) is 9.31. The Balaban J connectivity index is 1.80. The number of nitrogens with zero attached hydrogens (tertiary/aromatic N) is 2. The molecule has 19 heavy (non-hydrogen) atoms. The first-order valence-electron chi connectivity index (χ1n) is 6.99. The van der Waals surface area contributed by atoms with Gasteiger partial charge in [-0.25, -0.2) is 4.98 Å². The van der Waals surface area contributed by atoms with Crippen LogP contribution in [-0.4, -0.2) is 21.8 Å². The van der Waals surface area contributed by atoms with Gasteiger partial charge in [-0.1, -0.05) is 25.8 Å². The first kappa shape index (κ1) is 13.6. The Morgan fingerprint density at radius 2 is 2.26 bits per heavy atom. The number of hydrogen-bond acceptors (Lipinski definition) is 2. The third-order valence-electron chi connectivity index (χ3n) is 3.19. The van der Waals surface area contributed by atoms with E-state index in [4.69, 9.17) is 0 Å². The van der Waals surface area contributed by atoms with Crippen molar-refractivity contribution in [2.45, 2.75) is 39.0 Å². The molecule has 2 rings (SSSR count). The zero-order valence-electron chi connectivity index (χ0n) is 11.4. The summed E-state index contributed by atoms with van der Waals surface area (Å²) in [7, 11) is 0. The second-order valence-electron chi connectivity index (χ2n) is 4.73. The van der Waals surface area contributed by atoms with Crippen LogP contribution < -0.4 is 5.32 Å². The van der Waals surface area contributed by atoms with Crippen molar-refractivity contribution in [2.75, 3.05) is 6.54 Å². The van der Waals surface area contributed by atoms with Crippen LogP contribution in [-0.2, 0) is 11.2 Å². The summed E-state index contributed by atoms with van der Waals surface area (Å²) in [4.78, 5) is 16.0. The highest BCUT2D eigenvalue weighted by Gasteiger charge is 2.06. The lowest BCUT2D eigenvalue weighted by molar-refractivity contribution is -0.121. The summed E-state index contributed by atoms with van der Waals surface area (Å²) in [6.07, 6.45) is 8.42. The van der Waals surface area contributed by atoms with Crippen LogP contribution in [0, 0.1) is 0 Å². The maximum absolute atomic E-state index is 11.7. The molecule has 0 aliphatic rings. The number of pyridine rings is 1. The van der Waals surface area contributed by atoms with Gasteiger partial charge < -0.3 is 9.72 Å². The van der Waals surface area contributed by atoms with E-state index in [0.29, 0.717) is 12.8 Å². The molecule has 1 amide bonds. The van der Waals surface area contributed by atoms with Crippen LogP contribution >= 0.6 is 0 Å². The highest BCUT2D eigenvalue weighted by Crippen LogP contribution is 2.07. The second kappa shape index (κ2) is 6.92. The van der Waals surface area contributed by atoms with Crippen LogP contribution in [0.5, 0.6) is 0 Å². The summed E-state index contributed by atoms with van der Waals surface area (Å²) in [5, 5.41) is 2.95. The minimum atomic E-state index is 0.115. The van der Waals surface area contributed by atoms with Crippen molar-refractivity contribution >= 4 is 11.4 Å². The third-order valence-corrected chi connectivity index (χ3v) is 3.19. The van der Waals surface area contributed by atoms with Crippen LogP contribution in [0.4, 0.5) is 0 Å². The minimum Gasteiger partial charge on any atom is -0.356 e. The van der Waals surface area contributed by atoms with Crippen molar-refractivity contribution in [1.29, 1.82) is 0 Å². The fourth-order valence-corrected chi connectivity index (χ4v) is 2.10. The summed E-state index contributed by atoms with van der Waals surface area (Å²) in [5.41, 5.74) is 1.07. The Morgan fingerprint density at radius 1 is 1.37 bits per heavy atom. The maximum atomic E-state index is 11.7. The summed E-state index contributed by atoms with van der Waals surface area (Å²) >= 11 is 0. The van der Waals surface area contributed by atoms with Gasteiger partial charge in [-0.05, 0) is 18.6 Å². The van der Waals surface area contributed by atoms with Crippen molar-refractivity contribution in [3.8, 4) is 0 Å². The van der Waals surface area contributed by atoms with Crippen molar-refractivity contribution in [3.63, 3.8) is 0 Å². The van der Waals surface area contributed by atoms with Crippen molar-refractivity contribution in [1.82, 2.24) is 14.7 Å². The van der Waals surface area contributed by atoms with Crippen LogP contribution in [0.2, 0.25) is 0 Å². The molecule has 2 aromatic rings. The molecule has 0 atom stereocenters. The molecule has 0 radical (unpaired) electrons. The van der Waals surface area contributed by atoms with Gasteiger partial charge in [0, 0.05) is 25.6 Å². The van der Waals surface area contributed by atoms with E-state index in [-0.39, 0.29) is 5.91 Å².